The molecule has 28 heavy (non-hydrogen) atoms. The van der Waals surface area contributed by atoms with Gasteiger partial charge in [0.2, 0.25) is 0 Å². The number of pyridine rings is 1. The third-order valence-corrected chi connectivity index (χ3v) is 4.77. The van der Waals surface area contributed by atoms with Crippen LogP contribution in [0.15, 0.2) is 59.4 Å². The molecule has 4 rings (SSSR count). The molecule has 2 heterocycles. The van der Waals surface area contributed by atoms with E-state index in [1.54, 1.807) is 11.8 Å². The monoisotopic (exact) mass is 374 g/mol. The number of aryl methyl sites for hydroxylation is 2. The fourth-order valence-electron chi connectivity index (χ4n) is 3.30. The number of aromatic amines is 1. The van der Waals surface area contributed by atoms with Gasteiger partial charge < -0.3 is 15.0 Å². The van der Waals surface area contributed by atoms with Crippen molar-refractivity contribution in [3.05, 3.63) is 81.8 Å². The third kappa shape index (κ3) is 3.24. The first-order valence-corrected chi connectivity index (χ1v) is 9.12. The van der Waals surface area contributed by atoms with E-state index in [-0.39, 0.29) is 5.56 Å². The van der Waals surface area contributed by atoms with E-state index in [0.29, 0.717) is 17.8 Å². The van der Waals surface area contributed by atoms with Crippen LogP contribution in [0.2, 0.25) is 0 Å². The third-order valence-electron chi connectivity index (χ3n) is 4.77. The van der Waals surface area contributed by atoms with E-state index in [4.69, 9.17) is 4.74 Å². The van der Waals surface area contributed by atoms with Crippen molar-refractivity contribution < 1.29 is 4.74 Å². The second-order valence-corrected chi connectivity index (χ2v) is 6.78. The Morgan fingerprint density at radius 2 is 1.89 bits per heavy atom. The Kier molecular flexibility index (Phi) is 4.61. The van der Waals surface area contributed by atoms with Gasteiger partial charge >= 0.3 is 0 Å². The van der Waals surface area contributed by atoms with Crippen molar-refractivity contribution in [2.75, 3.05) is 12.4 Å². The molecule has 0 amide bonds. The number of methoxy groups -OCH3 is 1. The molecule has 0 radical (unpaired) electrons. The number of ether oxygens (including phenoxy) is 1. The maximum absolute atomic E-state index is 12.7. The molecule has 0 spiro atoms. The lowest BCUT2D eigenvalue weighted by molar-refractivity contribution is 0.416. The van der Waals surface area contributed by atoms with Gasteiger partial charge in [0, 0.05) is 17.5 Å². The number of anilines is 1. The maximum atomic E-state index is 12.7. The first kappa shape index (κ1) is 17.9. The molecule has 0 unspecified atom stereocenters. The number of hydrogen-bond acceptors (Lipinski definition) is 4. The van der Waals surface area contributed by atoms with Gasteiger partial charge in [-0.2, -0.15) is 5.10 Å². The number of rotatable bonds is 5. The molecule has 0 fully saturated rings. The van der Waals surface area contributed by atoms with Crippen molar-refractivity contribution in [1.82, 2.24) is 14.8 Å². The second kappa shape index (κ2) is 7.23. The van der Waals surface area contributed by atoms with Crippen LogP contribution in [0.25, 0.3) is 16.7 Å². The summed E-state index contributed by atoms with van der Waals surface area (Å²) < 4.78 is 7.17. The summed E-state index contributed by atoms with van der Waals surface area (Å²) in [6, 6.07) is 17.6. The van der Waals surface area contributed by atoms with E-state index < -0.39 is 0 Å². The van der Waals surface area contributed by atoms with Crippen LogP contribution in [0.4, 0.5) is 5.69 Å². The van der Waals surface area contributed by atoms with Crippen LogP contribution < -0.4 is 15.6 Å². The van der Waals surface area contributed by atoms with Crippen LogP contribution >= 0.6 is 0 Å². The van der Waals surface area contributed by atoms with Gasteiger partial charge in [0.15, 0.2) is 0 Å². The first-order chi connectivity index (χ1) is 13.6. The number of fused-ring (bicyclic) bond motifs is 1. The highest BCUT2D eigenvalue weighted by molar-refractivity contribution is 5.80. The van der Waals surface area contributed by atoms with E-state index in [9.17, 15) is 4.79 Å². The molecule has 2 aromatic carbocycles. The summed E-state index contributed by atoms with van der Waals surface area (Å²) in [7, 11) is 1.63. The van der Waals surface area contributed by atoms with Gasteiger partial charge in [0.05, 0.1) is 24.2 Å². The molecule has 142 valence electrons. The minimum Gasteiger partial charge on any atom is -0.495 e. The zero-order valence-corrected chi connectivity index (χ0v) is 16.1. The zero-order valence-electron chi connectivity index (χ0n) is 16.1. The van der Waals surface area contributed by atoms with E-state index in [0.717, 1.165) is 33.8 Å². The molecule has 0 aliphatic carbocycles. The number of H-pyrrole nitrogens is 1. The lowest BCUT2D eigenvalue weighted by atomic mass is 10.1. The van der Waals surface area contributed by atoms with Crippen molar-refractivity contribution in [2.45, 2.75) is 20.4 Å². The minimum atomic E-state index is -0.135. The molecular formula is C22H22N4O2. The first-order valence-electron chi connectivity index (χ1n) is 9.12. The maximum Gasteiger partial charge on any atom is 0.254 e. The molecule has 2 N–H and O–H groups in total. The van der Waals surface area contributed by atoms with Crippen LogP contribution in [0.1, 0.15) is 16.8 Å². The second-order valence-electron chi connectivity index (χ2n) is 6.78. The normalized spacial score (nSPS) is 11.0. The van der Waals surface area contributed by atoms with Crippen molar-refractivity contribution in [1.29, 1.82) is 0 Å². The average molecular weight is 374 g/mol. The van der Waals surface area contributed by atoms with Crippen molar-refractivity contribution in [2.24, 2.45) is 0 Å². The topological polar surface area (TPSA) is 71.9 Å². The summed E-state index contributed by atoms with van der Waals surface area (Å²) >= 11 is 0. The summed E-state index contributed by atoms with van der Waals surface area (Å²) in [6.45, 7) is 4.35. The Hall–Kier alpha value is -3.54. The van der Waals surface area contributed by atoms with Crippen molar-refractivity contribution >= 4 is 16.7 Å². The number of nitrogens with one attached hydrogen (secondary N) is 2. The van der Waals surface area contributed by atoms with Gasteiger partial charge in [-0.1, -0.05) is 24.3 Å². The van der Waals surface area contributed by atoms with Crippen molar-refractivity contribution in [3.8, 4) is 11.4 Å². The Morgan fingerprint density at radius 3 is 2.64 bits per heavy atom. The van der Waals surface area contributed by atoms with Crippen LogP contribution in [0, 0.1) is 13.8 Å². The van der Waals surface area contributed by atoms with Crippen LogP contribution in [0.3, 0.4) is 0 Å². The van der Waals surface area contributed by atoms with E-state index in [1.165, 1.54) is 0 Å². The summed E-state index contributed by atoms with van der Waals surface area (Å²) in [5.74, 6) is 0.746. The molecule has 0 saturated carbocycles. The molecule has 0 aliphatic heterocycles. The fraction of sp³-hybridized carbons (Fsp3) is 0.182. The SMILES string of the molecule is COc1ccc(C)cc1NCc1cc2c(C)nn(-c3ccccc3)c2[nH]c1=O. The Morgan fingerprint density at radius 1 is 1.11 bits per heavy atom. The molecule has 0 bridgehead atoms. The van der Waals surface area contributed by atoms with Gasteiger partial charge in [0.1, 0.15) is 11.4 Å². The summed E-state index contributed by atoms with van der Waals surface area (Å²) in [5.41, 5.74) is 4.96. The van der Waals surface area contributed by atoms with Gasteiger partial charge in [-0.25, -0.2) is 4.68 Å². The predicted molar refractivity (Wildman–Crippen MR) is 111 cm³/mol. The number of benzene rings is 2. The summed E-state index contributed by atoms with van der Waals surface area (Å²) in [6.07, 6.45) is 0. The van der Waals surface area contributed by atoms with E-state index >= 15 is 0 Å². The Labute approximate surface area is 162 Å². The number of para-hydroxylation sites is 1. The van der Waals surface area contributed by atoms with Crippen molar-refractivity contribution in [3.63, 3.8) is 0 Å². The summed E-state index contributed by atoms with van der Waals surface area (Å²) in [4.78, 5) is 15.7. The molecule has 6 nitrogen and oxygen atoms in total. The molecule has 0 saturated heterocycles. The Bertz CT molecular complexity index is 1190. The quantitative estimate of drug-likeness (QED) is 0.555. The van der Waals surface area contributed by atoms with Crippen LogP contribution in [-0.2, 0) is 6.54 Å². The van der Waals surface area contributed by atoms with Gasteiger partial charge in [-0.3, -0.25) is 4.79 Å². The van der Waals surface area contributed by atoms with Crippen LogP contribution in [-0.4, -0.2) is 21.9 Å². The minimum absolute atomic E-state index is 0.135. The fourth-order valence-corrected chi connectivity index (χ4v) is 3.30. The highest BCUT2D eigenvalue weighted by atomic mass is 16.5. The number of nitrogens with zero attached hydrogens (tertiary/aromatic N) is 2. The molecule has 6 heteroatoms. The average Bonchev–Trinajstić information content (AvgIpc) is 3.02. The smallest absolute Gasteiger partial charge is 0.254 e. The molecule has 4 aromatic rings. The lowest BCUT2D eigenvalue weighted by Gasteiger charge is -2.12. The van der Waals surface area contributed by atoms with E-state index in [2.05, 4.69) is 15.4 Å². The van der Waals surface area contributed by atoms with Gasteiger partial charge in [0.25, 0.3) is 5.56 Å². The Balaban J connectivity index is 1.70. The van der Waals surface area contributed by atoms with Gasteiger partial charge in [-0.15, -0.1) is 0 Å². The number of hydrogen-bond donors (Lipinski definition) is 2. The molecule has 2 aromatic heterocycles. The predicted octanol–water partition coefficient (Wildman–Crippen LogP) is 3.95. The highest BCUT2D eigenvalue weighted by Gasteiger charge is 2.13. The van der Waals surface area contributed by atoms with E-state index in [1.807, 2.05) is 68.4 Å². The summed E-state index contributed by atoms with van der Waals surface area (Å²) in [5, 5.41) is 8.85. The van der Waals surface area contributed by atoms with Crippen LogP contribution in [0.5, 0.6) is 5.75 Å². The zero-order chi connectivity index (χ0) is 19.7. The van der Waals surface area contributed by atoms with Gasteiger partial charge in [-0.05, 0) is 49.7 Å². The lowest BCUT2D eigenvalue weighted by Crippen LogP contribution is -2.16. The highest BCUT2D eigenvalue weighted by Crippen LogP contribution is 2.26. The standard InChI is InChI=1S/C22H22N4O2/c1-14-9-10-20(28-3)19(11-14)23-13-16-12-18-15(2)25-26(21(18)24-22(16)27)17-7-5-4-6-8-17/h4-12,23H,13H2,1-3H3,(H,24,27). The number of aromatic nitrogens is 3. The molecular weight excluding hydrogens is 352 g/mol. The molecule has 0 atom stereocenters. The largest absolute Gasteiger partial charge is 0.495 e. The molecule has 0 aliphatic rings.